The molecule has 3 heterocycles. The van der Waals surface area contributed by atoms with Gasteiger partial charge in [-0.1, -0.05) is 11.6 Å². The third-order valence-corrected chi connectivity index (χ3v) is 5.04. The van der Waals surface area contributed by atoms with Crippen LogP contribution < -0.4 is 0 Å². The topological polar surface area (TPSA) is 68.5 Å². The number of hydrogen-bond donors (Lipinski definition) is 0. The van der Waals surface area contributed by atoms with Crippen LogP contribution in [0.25, 0.3) is 0 Å². The van der Waals surface area contributed by atoms with Gasteiger partial charge < -0.3 is 14.1 Å². The van der Waals surface area contributed by atoms with Gasteiger partial charge in [0.25, 0.3) is 0 Å². The summed E-state index contributed by atoms with van der Waals surface area (Å²) in [5, 5.41) is 7.87. The molecule has 6 nitrogen and oxygen atoms in total. The summed E-state index contributed by atoms with van der Waals surface area (Å²) in [6.07, 6.45) is 0. The molecule has 0 aliphatic carbocycles. The molecule has 2 aromatic rings. The van der Waals surface area contributed by atoms with Crippen LogP contribution in [0, 0.1) is 6.92 Å². The first kappa shape index (κ1) is 15.5. The molecule has 0 saturated carbocycles. The summed E-state index contributed by atoms with van der Waals surface area (Å²) in [5.74, 6) is 0.651. The van der Waals surface area contributed by atoms with E-state index in [1.165, 1.54) is 11.3 Å². The Morgan fingerprint density at radius 3 is 2.95 bits per heavy atom. The molecule has 8 heteroatoms. The highest BCUT2D eigenvalue weighted by atomic mass is 35.5. The normalized spacial score (nSPS) is 20.1. The third-order valence-electron chi connectivity index (χ3n) is 3.63. The van der Waals surface area contributed by atoms with Crippen LogP contribution in [-0.4, -0.2) is 40.8 Å². The number of aryl methyl sites for hydroxylation is 1. The summed E-state index contributed by atoms with van der Waals surface area (Å²) in [7, 11) is 0. The van der Waals surface area contributed by atoms with E-state index < -0.39 is 0 Å². The van der Waals surface area contributed by atoms with E-state index in [2.05, 4.69) is 10.2 Å². The number of carbonyl (C=O) groups excluding carboxylic acids is 1. The van der Waals surface area contributed by atoms with Gasteiger partial charge in [0.1, 0.15) is 6.04 Å². The molecule has 0 aromatic carbocycles. The summed E-state index contributed by atoms with van der Waals surface area (Å²) in [6.45, 7) is 4.99. The molecule has 0 spiro atoms. The minimum absolute atomic E-state index is 0.0164. The Kier molecular flexibility index (Phi) is 4.46. The van der Waals surface area contributed by atoms with Crippen molar-refractivity contribution in [3.05, 3.63) is 33.1 Å². The first-order valence-electron chi connectivity index (χ1n) is 6.99. The van der Waals surface area contributed by atoms with Gasteiger partial charge in [-0.25, -0.2) is 0 Å². The van der Waals surface area contributed by atoms with E-state index >= 15 is 0 Å². The Labute approximate surface area is 137 Å². The first-order valence-corrected chi connectivity index (χ1v) is 8.19. The Hall–Kier alpha value is -1.44. The number of thiophene rings is 1. The zero-order valence-corrected chi connectivity index (χ0v) is 13.9. The lowest BCUT2D eigenvalue weighted by molar-refractivity contribution is -0.142. The largest absolute Gasteiger partial charge is 0.423 e. The monoisotopic (exact) mass is 341 g/mol. The van der Waals surface area contributed by atoms with Crippen molar-refractivity contribution in [1.29, 1.82) is 0 Å². The molecule has 3 rings (SSSR count). The van der Waals surface area contributed by atoms with Gasteiger partial charge in [0.15, 0.2) is 0 Å². The average Bonchev–Trinajstić information content (AvgIpc) is 3.14. The fourth-order valence-corrected chi connectivity index (χ4v) is 3.56. The molecule has 118 valence electrons. The van der Waals surface area contributed by atoms with E-state index in [0.717, 1.165) is 4.88 Å². The Morgan fingerprint density at radius 1 is 1.50 bits per heavy atom. The van der Waals surface area contributed by atoms with E-state index in [9.17, 15) is 4.79 Å². The highest BCUT2D eigenvalue weighted by Gasteiger charge is 2.35. The molecule has 0 radical (unpaired) electrons. The molecule has 0 N–H and O–H groups in total. The van der Waals surface area contributed by atoms with Gasteiger partial charge in [-0.3, -0.25) is 4.79 Å². The van der Waals surface area contributed by atoms with E-state index in [-0.39, 0.29) is 17.9 Å². The Morgan fingerprint density at radius 2 is 2.32 bits per heavy atom. The number of morpholine rings is 1. The minimum atomic E-state index is -0.333. The molecular weight excluding hydrogens is 326 g/mol. The van der Waals surface area contributed by atoms with Crippen molar-refractivity contribution in [1.82, 2.24) is 15.1 Å². The minimum Gasteiger partial charge on any atom is -0.423 e. The van der Waals surface area contributed by atoms with Crippen LogP contribution in [0.3, 0.4) is 0 Å². The third kappa shape index (κ3) is 3.02. The summed E-state index contributed by atoms with van der Waals surface area (Å²) in [6, 6.07) is 3.37. The molecule has 2 aromatic heterocycles. The second kappa shape index (κ2) is 6.36. The van der Waals surface area contributed by atoms with Crippen LogP contribution in [0.1, 0.15) is 35.5 Å². The number of halogens is 1. The van der Waals surface area contributed by atoms with Crippen LogP contribution in [0.15, 0.2) is 16.5 Å². The Bertz CT molecular complexity index is 672. The maximum Gasteiger partial charge on any atom is 0.241 e. The van der Waals surface area contributed by atoms with Gasteiger partial charge in [0.05, 0.1) is 23.5 Å². The smallest absolute Gasteiger partial charge is 0.241 e. The van der Waals surface area contributed by atoms with Gasteiger partial charge >= 0.3 is 0 Å². The predicted octanol–water partition coefficient (Wildman–Crippen LogP) is 2.80. The average molecular weight is 342 g/mol. The molecule has 1 saturated heterocycles. The molecule has 0 bridgehead atoms. The highest BCUT2D eigenvalue weighted by Crippen LogP contribution is 2.32. The first-order chi connectivity index (χ1) is 10.6. The zero-order chi connectivity index (χ0) is 15.7. The van der Waals surface area contributed by atoms with Crippen molar-refractivity contribution >= 4 is 28.8 Å². The van der Waals surface area contributed by atoms with Crippen molar-refractivity contribution in [2.75, 3.05) is 19.8 Å². The number of carbonyl (C=O) groups is 1. The molecule has 1 amide bonds. The summed E-state index contributed by atoms with van der Waals surface area (Å²) in [5.41, 5.74) is 0. The number of amides is 1. The lowest BCUT2D eigenvalue weighted by atomic mass is 10.1. The fourth-order valence-electron chi connectivity index (χ4n) is 2.45. The lowest BCUT2D eigenvalue weighted by Gasteiger charge is -2.35. The van der Waals surface area contributed by atoms with Gasteiger partial charge in [0.2, 0.25) is 17.7 Å². The predicted molar refractivity (Wildman–Crippen MR) is 82.1 cm³/mol. The summed E-state index contributed by atoms with van der Waals surface area (Å²) >= 11 is 7.39. The lowest BCUT2D eigenvalue weighted by Crippen LogP contribution is -2.45. The molecular formula is C14H16ClN3O3S. The summed E-state index contributed by atoms with van der Waals surface area (Å²) < 4.78 is 11.6. The number of rotatable bonds is 3. The highest BCUT2D eigenvalue weighted by molar-refractivity contribution is 7.16. The van der Waals surface area contributed by atoms with Crippen molar-refractivity contribution in [2.24, 2.45) is 0 Å². The van der Waals surface area contributed by atoms with Gasteiger partial charge in [-0.05, 0) is 19.1 Å². The molecule has 22 heavy (non-hydrogen) atoms. The van der Waals surface area contributed by atoms with Crippen LogP contribution in [-0.2, 0) is 9.53 Å². The van der Waals surface area contributed by atoms with E-state index in [1.807, 2.05) is 19.1 Å². The fraction of sp³-hybridized carbons (Fsp3) is 0.500. The molecule has 1 aliphatic rings. The SMILES string of the molecule is Cc1nnc([C@H]2COCCN2C(=O)[C@H](C)c2ccc(Cl)s2)o1. The van der Waals surface area contributed by atoms with Crippen LogP contribution >= 0.6 is 22.9 Å². The molecule has 1 aliphatic heterocycles. The van der Waals surface area contributed by atoms with Crippen LogP contribution in [0.4, 0.5) is 0 Å². The second-order valence-corrected chi connectivity index (χ2v) is 6.89. The number of aromatic nitrogens is 2. The van der Waals surface area contributed by atoms with E-state index in [1.54, 1.807) is 11.8 Å². The van der Waals surface area contributed by atoms with E-state index in [0.29, 0.717) is 35.9 Å². The quantitative estimate of drug-likeness (QED) is 0.858. The van der Waals surface area contributed by atoms with Gasteiger partial charge in [0, 0.05) is 18.3 Å². The Balaban J connectivity index is 1.82. The van der Waals surface area contributed by atoms with Crippen LogP contribution in [0.2, 0.25) is 4.34 Å². The maximum absolute atomic E-state index is 12.8. The second-order valence-electron chi connectivity index (χ2n) is 5.15. The van der Waals surface area contributed by atoms with Gasteiger partial charge in [-0.2, -0.15) is 0 Å². The maximum atomic E-state index is 12.8. The number of ether oxygens (including phenoxy) is 1. The van der Waals surface area contributed by atoms with Crippen molar-refractivity contribution in [3.63, 3.8) is 0 Å². The molecule has 1 fully saturated rings. The molecule has 2 atom stereocenters. The van der Waals surface area contributed by atoms with E-state index in [4.69, 9.17) is 20.8 Å². The number of hydrogen-bond acceptors (Lipinski definition) is 6. The van der Waals surface area contributed by atoms with Gasteiger partial charge in [-0.15, -0.1) is 21.5 Å². The van der Waals surface area contributed by atoms with Crippen molar-refractivity contribution < 1.29 is 13.9 Å². The number of nitrogens with zero attached hydrogens (tertiary/aromatic N) is 3. The zero-order valence-electron chi connectivity index (χ0n) is 12.3. The molecule has 0 unspecified atom stereocenters. The van der Waals surface area contributed by atoms with Crippen molar-refractivity contribution in [2.45, 2.75) is 25.8 Å². The summed E-state index contributed by atoms with van der Waals surface area (Å²) in [4.78, 5) is 15.5. The van der Waals surface area contributed by atoms with Crippen molar-refractivity contribution in [3.8, 4) is 0 Å². The van der Waals surface area contributed by atoms with Crippen LogP contribution in [0.5, 0.6) is 0 Å². The standard InChI is InChI=1S/C14H16ClN3O3S/c1-8(11-3-4-12(15)22-11)14(19)18-5-6-20-7-10(18)13-17-16-9(2)21-13/h3-4,8,10H,5-7H2,1-2H3/t8-,10-/m1/s1.